The van der Waals surface area contributed by atoms with Crippen molar-refractivity contribution in [2.45, 2.75) is 32.2 Å². The zero-order valence-corrected chi connectivity index (χ0v) is 29.7. The second-order valence-electron chi connectivity index (χ2n) is 9.81. The number of hydrogen-bond donors (Lipinski definition) is 0. The van der Waals surface area contributed by atoms with E-state index in [9.17, 15) is 18.9 Å². The van der Waals surface area contributed by atoms with Crippen LogP contribution in [0.5, 0.6) is 0 Å². The normalized spacial score (nSPS) is 19.8. The van der Waals surface area contributed by atoms with Gasteiger partial charge in [0.2, 0.25) is 13.9 Å². The van der Waals surface area contributed by atoms with Gasteiger partial charge in [-0.05, 0) is 36.4 Å². The minimum absolute atomic E-state index is 0.0970. The van der Waals surface area contributed by atoms with E-state index in [4.69, 9.17) is 102 Å². The molecule has 18 heteroatoms. The standard InChI is InChI=1S/C30H25Cl6O11P/c31-29(32,33)17-42-48(40,43-18-30(34,35)36)47-24-23(45-26(38)20-12-6-2-7-13-20)22(16-41-25(37)19-10-4-1-5-11-19)44-28(24)46-27(39)21-14-8-3-9-15-21/h1-15,22-24,28H,16-18H2/t22-,23-,24-,28-/m1/s1. The fourth-order valence-corrected chi connectivity index (χ4v) is 6.26. The van der Waals surface area contributed by atoms with Crippen molar-refractivity contribution in [3.63, 3.8) is 0 Å². The highest BCUT2D eigenvalue weighted by Crippen LogP contribution is 2.55. The van der Waals surface area contributed by atoms with Crippen LogP contribution in [0.4, 0.5) is 0 Å². The van der Waals surface area contributed by atoms with Gasteiger partial charge in [-0.25, -0.2) is 18.9 Å². The fourth-order valence-electron chi connectivity index (χ4n) is 4.06. The average molecular weight is 805 g/mol. The first-order chi connectivity index (χ1) is 22.6. The van der Waals surface area contributed by atoms with E-state index in [1.165, 1.54) is 36.4 Å². The molecule has 4 atom stereocenters. The molecule has 1 aliphatic heterocycles. The quantitative estimate of drug-likeness (QED) is 0.0723. The zero-order valence-electron chi connectivity index (χ0n) is 24.3. The number of rotatable bonds is 13. The molecule has 1 fully saturated rings. The van der Waals surface area contributed by atoms with Gasteiger partial charge in [0.25, 0.3) is 0 Å². The molecule has 0 unspecified atom stereocenters. The van der Waals surface area contributed by atoms with E-state index in [2.05, 4.69) is 0 Å². The van der Waals surface area contributed by atoms with E-state index in [1.54, 1.807) is 54.6 Å². The molecule has 4 rings (SSSR count). The van der Waals surface area contributed by atoms with Gasteiger partial charge in [0.1, 0.15) is 25.9 Å². The summed E-state index contributed by atoms with van der Waals surface area (Å²) in [7, 11) is -4.96. The van der Waals surface area contributed by atoms with Crippen LogP contribution in [0.15, 0.2) is 91.0 Å². The summed E-state index contributed by atoms with van der Waals surface area (Å²) in [5.74, 6) is -2.56. The average Bonchev–Trinajstić information content (AvgIpc) is 3.36. The predicted molar refractivity (Wildman–Crippen MR) is 178 cm³/mol. The Hall–Kier alpha value is -2.12. The first-order valence-corrected chi connectivity index (χ1v) is 17.5. The maximum absolute atomic E-state index is 14.0. The summed E-state index contributed by atoms with van der Waals surface area (Å²) in [6.45, 7) is -2.28. The summed E-state index contributed by atoms with van der Waals surface area (Å²) in [6.07, 6.45) is -6.55. The van der Waals surface area contributed by atoms with Gasteiger partial charge >= 0.3 is 25.7 Å². The number of halogens is 6. The molecule has 0 aliphatic carbocycles. The number of phosphoric acid groups is 1. The van der Waals surface area contributed by atoms with Crippen molar-refractivity contribution in [1.82, 2.24) is 0 Å². The highest BCUT2D eigenvalue weighted by Gasteiger charge is 2.54. The van der Waals surface area contributed by atoms with Crippen LogP contribution in [0, 0.1) is 0 Å². The summed E-state index contributed by atoms with van der Waals surface area (Å²) < 4.78 is 48.7. The Bertz CT molecular complexity index is 1550. The molecule has 0 saturated carbocycles. The molecule has 1 heterocycles. The van der Waals surface area contributed by atoms with Crippen LogP contribution >= 0.6 is 77.4 Å². The van der Waals surface area contributed by atoms with Crippen LogP contribution in [0.3, 0.4) is 0 Å². The first kappa shape index (κ1) is 38.7. The van der Waals surface area contributed by atoms with Crippen LogP contribution in [0.25, 0.3) is 0 Å². The molecule has 11 nitrogen and oxygen atoms in total. The highest BCUT2D eigenvalue weighted by atomic mass is 35.6. The van der Waals surface area contributed by atoms with E-state index in [0.717, 1.165) is 0 Å². The molecule has 1 aliphatic rings. The van der Waals surface area contributed by atoms with Crippen molar-refractivity contribution in [1.29, 1.82) is 0 Å². The number of hydrogen-bond acceptors (Lipinski definition) is 11. The topological polar surface area (TPSA) is 133 Å². The lowest BCUT2D eigenvalue weighted by molar-refractivity contribution is -0.139. The van der Waals surface area contributed by atoms with Crippen molar-refractivity contribution in [3.8, 4) is 0 Å². The molecule has 0 amide bonds. The molecular formula is C30H25Cl6O11P. The number of alkyl halides is 6. The molecule has 0 aromatic heterocycles. The van der Waals surface area contributed by atoms with Gasteiger partial charge in [-0.1, -0.05) is 124 Å². The second kappa shape index (κ2) is 17.2. The minimum atomic E-state index is -4.96. The number of carbonyl (C=O) groups excluding carboxylic acids is 3. The molecule has 0 radical (unpaired) electrons. The molecule has 0 bridgehead atoms. The SMILES string of the molecule is O=C(OC[C@H]1O[C@H](OC(=O)c2ccccc2)[C@H](OP(=O)(OCC(Cl)(Cl)Cl)OCC(Cl)(Cl)Cl)[C@@H]1OC(=O)c1ccccc1)c1ccccc1. The molecule has 0 spiro atoms. The highest BCUT2D eigenvalue weighted by molar-refractivity contribution is 7.48. The van der Waals surface area contributed by atoms with Gasteiger partial charge in [-0.15, -0.1) is 0 Å². The van der Waals surface area contributed by atoms with Crippen molar-refractivity contribution in [2.75, 3.05) is 19.8 Å². The molecule has 258 valence electrons. The van der Waals surface area contributed by atoms with E-state index in [0.29, 0.717) is 0 Å². The van der Waals surface area contributed by atoms with Crippen molar-refractivity contribution in [3.05, 3.63) is 108 Å². The minimum Gasteiger partial charge on any atom is -0.459 e. The van der Waals surface area contributed by atoms with Gasteiger partial charge in [0.15, 0.2) is 12.2 Å². The third-order valence-corrected chi connectivity index (χ3v) is 8.21. The Morgan fingerprint density at radius 3 is 1.48 bits per heavy atom. The monoisotopic (exact) mass is 802 g/mol. The van der Waals surface area contributed by atoms with Gasteiger partial charge in [-0.2, -0.15) is 0 Å². The van der Waals surface area contributed by atoms with Crippen molar-refractivity contribution < 1.29 is 51.5 Å². The van der Waals surface area contributed by atoms with Crippen LogP contribution < -0.4 is 0 Å². The summed E-state index contributed by atoms with van der Waals surface area (Å²) in [5.41, 5.74) is 0.404. The maximum atomic E-state index is 14.0. The molecular weight excluding hydrogens is 780 g/mol. The van der Waals surface area contributed by atoms with Gasteiger partial charge in [0.05, 0.1) is 16.7 Å². The Kier molecular flexibility index (Phi) is 13.9. The lowest BCUT2D eigenvalue weighted by atomic mass is 10.1. The Morgan fingerprint density at radius 1 is 0.625 bits per heavy atom. The smallest absolute Gasteiger partial charge is 0.459 e. The first-order valence-electron chi connectivity index (χ1n) is 13.7. The van der Waals surface area contributed by atoms with E-state index in [1.807, 2.05) is 0 Å². The second-order valence-corrected chi connectivity index (χ2v) is 16.5. The van der Waals surface area contributed by atoms with Crippen molar-refractivity contribution >= 4 is 95.3 Å². The third-order valence-electron chi connectivity index (χ3n) is 6.16. The molecule has 0 N–H and O–H groups in total. The van der Waals surface area contributed by atoms with Gasteiger partial charge < -0.3 is 18.9 Å². The van der Waals surface area contributed by atoms with Crippen LogP contribution in [-0.4, -0.2) is 69.9 Å². The molecule has 3 aromatic rings. The Morgan fingerprint density at radius 2 is 1.04 bits per heavy atom. The zero-order chi connectivity index (χ0) is 35.0. The summed E-state index contributed by atoms with van der Waals surface area (Å²) in [6, 6.07) is 23.5. The molecule has 1 saturated heterocycles. The largest absolute Gasteiger partial charge is 0.475 e. The fraction of sp³-hybridized carbons (Fsp3) is 0.300. The number of carbonyl (C=O) groups is 3. The van der Waals surface area contributed by atoms with Crippen LogP contribution in [0.1, 0.15) is 31.1 Å². The Labute approximate surface area is 305 Å². The number of ether oxygens (including phenoxy) is 4. The number of esters is 3. The lowest BCUT2D eigenvalue weighted by Crippen LogP contribution is -2.41. The van der Waals surface area contributed by atoms with Gasteiger partial charge in [-0.3, -0.25) is 13.6 Å². The van der Waals surface area contributed by atoms with Crippen LogP contribution in [0.2, 0.25) is 0 Å². The lowest BCUT2D eigenvalue weighted by Gasteiger charge is -2.28. The van der Waals surface area contributed by atoms with E-state index in [-0.39, 0.29) is 16.7 Å². The van der Waals surface area contributed by atoms with Crippen molar-refractivity contribution in [2.24, 2.45) is 0 Å². The molecule has 3 aromatic carbocycles. The number of benzene rings is 3. The Balaban J connectivity index is 1.70. The van der Waals surface area contributed by atoms with Gasteiger partial charge in [0, 0.05) is 0 Å². The predicted octanol–water partition coefficient (Wildman–Crippen LogP) is 7.92. The summed E-state index contributed by atoms with van der Waals surface area (Å²) in [4.78, 5) is 39.2. The van der Waals surface area contributed by atoms with Crippen LogP contribution in [-0.2, 0) is 37.1 Å². The third kappa shape index (κ3) is 12.0. The van der Waals surface area contributed by atoms with E-state index >= 15 is 0 Å². The summed E-state index contributed by atoms with van der Waals surface area (Å²) >= 11 is 34.8. The van der Waals surface area contributed by atoms with E-state index < -0.39 is 77.7 Å². The summed E-state index contributed by atoms with van der Waals surface area (Å²) in [5, 5.41) is 0. The maximum Gasteiger partial charge on any atom is 0.475 e. The molecule has 48 heavy (non-hydrogen) atoms. The number of phosphoric ester groups is 1.